The molecule has 0 bridgehead atoms. The predicted octanol–water partition coefficient (Wildman–Crippen LogP) is 6.64. The van der Waals surface area contributed by atoms with E-state index in [2.05, 4.69) is 45.5 Å². The minimum absolute atomic E-state index is 0.0312. The Morgan fingerprint density at radius 2 is 1.71 bits per heavy atom. The predicted molar refractivity (Wildman–Crippen MR) is 143 cm³/mol. The average Bonchev–Trinajstić information content (AvgIpc) is 3.44. The monoisotopic (exact) mass is 505 g/mol. The van der Waals surface area contributed by atoms with Gasteiger partial charge in [-0.3, -0.25) is 9.69 Å². The van der Waals surface area contributed by atoms with Crippen LogP contribution in [0.1, 0.15) is 54.4 Å². The Morgan fingerprint density at radius 3 is 2.43 bits per heavy atom. The molecule has 2 aliphatic rings. The maximum atomic E-state index is 13.3. The standard InChI is InChI=1S/C29H32ClN3OS/c30-23-10-12-25(13-11-23)35-28-26(9-6-18-31-28)27(34)32-24-14-16-29(17-15-24,33-19-4-5-20-33)21-22-7-2-1-3-8-22/h1-3,6-13,18,24H,4-5,14-17,19-21H2,(H,32,34). The van der Waals surface area contributed by atoms with Crippen LogP contribution < -0.4 is 5.32 Å². The van der Waals surface area contributed by atoms with Gasteiger partial charge < -0.3 is 5.32 Å². The molecule has 0 radical (unpaired) electrons. The second-order valence-corrected chi connectivity index (χ2v) is 11.2. The normalized spacial score (nSPS) is 22.7. The second kappa shape index (κ2) is 11.2. The van der Waals surface area contributed by atoms with Gasteiger partial charge in [0, 0.05) is 27.7 Å². The van der Waals surface area contributed by atoms with Gasteiger partial charge in [0.15, 0.2) is 0 Å². The smallest absolute Gasteiger partial charge is 0.254 e. The van der Waals surface area contributed by atoms with Crippen LogP contribution >= 0.6 is 23.4 Å². The van der Waals surface area contributed by atoms with Crippen molar-refractivity contribution in [2.24, 2.45) is 0 Å². The highest BCUT2D eigenvalue weighted by atomic mass is 35.5. The van der Waals surface area contributed by atoms with Crippen molar-refractivity contribution in [1.29, 1.82) is 0 Å². The van der Waals surface area contributed by atoms with Crippen molar-refractivity contribution >= 4 is 29.3 Å². The molecule has 1 N–H and O–H groups in total. The lowest BCUT2D eigenvalue weighted by atomic mass is 9.74. The van der Waals surface area contributed by atoms with Gasteiger partial charge in [0.05, 0.1) is 5.56 Å². The fraction of sp³-hybridized carbons (Fsp3) is 0.379. The summed E-state index contributed by atoms with van der Waals surface area (Å²) in [5.74, 6) is -0.0312. The number of amides is 1. The van der Waals surface area contributed by atoms with Gasteiger partial charge in [0.2, 0.25) is 0 Å². The average molecular weight is 506 g/mol. The van der Waals surface area contributed by atoms with Crippen LogP contribution in [0.2, 0.25) is 5.02 Å². The molecular weight excluding hydrogens is 474 g/mol. The first kappa shape index (κ1) is 24.4. The molecule has 1 aliphatic heterocycles. The van der Waals surface area contributed by atoms with E-state index in [1.54, 1.807) is 6.20 Å². The first-order valence-corrected chi connectivity index (χ1v) is 13.8. The van der Waals surface area contributed by atoms with Crippen molar-refractivity contribution in [2.45, 2.75) is 66.4 Å². The van der Waals surface area contributed by atoms with Gasteiger partial charge in [0.25, 0.3) is 5.91 Å². The molecule has 2 fully saturated rings. The number of carbonyl (C=O) groups excluding carboxylic acids is 1. The molecule has 2 heterocycles. The summed E-state index contributed by atoms with van der Waals surface area (Å²) in [6.07, 6.45) is 9.68. The lowest BCUT2D eigenvalue weighted by Gasteiger charge is -2.47. The summed E-state index contributed by atoms with van der Waals surface area (Å²) < 4.78 is 0. The van der Waals surface area contributed by atoms with Gasteiger partial charge in [0.1, 0.15) is 5.03 Å². The van der Waals surface area contributed by atoms with E-state index in [4.69, 9.17) is 11.6 Å². The van der Waals surface area contributed by atoms with E-state index in [1.165, 1.54) is 43.3 Å². The maximum absolute atomic E-state index is 13.3. The van der Waals surface area contributed by atoms with Gasteiger partial charge in [-0.15, -0.1) is 0 Å². The minimum Gasteiger partial charge on any atom is -0.349 e. The number of nitrogens with one attached hydrogen (secondary N) is 1. The van der Waals surface area contributed by atoms with Crippen molar-refractivity contribution in [3.05, 3.63) is 89.1 Å². The molecular formula is C29H32ClN3OS. The summed E-state index contributed by atoms with van der Waals surface area (Å²) >= 11 is 7.51. The molecule has 1 aromatic heterocycles. The number of pyridine rings is 1. The molecule has 1 aliphatic carbocycles. The lowest BCUT2D eigenvalue weighted by Crippen LogP contribution is -2.54. The first-order chi connectivity index (χ1) is 17.1. The van der Waals surface area contributed by atoms with E-state index < -0.39 is 0 Å². The zero-order valence-corrected chi connectivity index (χ0v) is 21.5. The van der Waals surface area contributed by atoms with E-state index in [9.17, 15) is 4.79 Å². The Labute approximate surface area is 217 Å². The van der Waals surface area contributed by atoms with E-state index in [-0.39, 0.29) is 17.5 Å². The van der Waals surface area contributed by atoms with Gasteiger partial charge >= 0.3 is 0 Å². The second-order valence-electron chi connectivity index (χ2n) is 9.74. The Morgan fingerprint density at radius 1 is 1.00 bits per heavy atom. The summed E-state index contributed by atoms with van der Waals surface area (Å²) in [7, 11) is 0. The molecule has 0 atom stereocenters. The third kappa shape index (κ3) is 5.91. The number of benzene rings is 2. The summed E-state index contributed by atoms with van der Waals surface area (Å²) in [6, 6.07) is 22.4. The summed E-state index contributed by atoms with van der Waals surface area (Å²) in [6.45, 7) is 2.40. The molecule has 5 rings (SSSR count). The topological polar surface area (TPSA) is 45.2 Å². The Kier molecular flexibility index (Phi) is 7.76. The van der Waals surface area contributed by atoms with Crippen LogP contribution in [-0.4, -0.2) is 40.5 Å². The van der Waals surface area contributed by atoms with Crippen LogP contribution in [0.25, 0.3) is 0 Å². The zero-order chi connectivity index (χ0) is 24.1. The van der Waals surface area contributed by atoms with Crippen LogP contribution in [0.4, 0.5) is 0 Å². The summed E-state index contributed by atoms with van der Waals surface area (Å²) in [5, 5.41) is 4.75. The highest BCUT2D eigenvalue weighted by Gasteiger charge is 2.41. The Hall–Kier alpha value is -2.34. The van der Waals surface area contributed by atoms with E-state index >= 15 is 0 Å². The maximum Gasteiger partial charge on any atom is 0.254 e. The number of hydrogen-bond acceptors (Lipinski definition) is 4. The SMILES string of the molecule is O=C(NC1CCC(Cc2ccccc2)(N2CCCC2)CC1)c1cccnc1Sc1ccc(Cl)cc1. The number of halogens is 1. The van der Waals surface area contributed by atoms with Crippen molar-refractivity contribution in [2.75, 3.05) is 13.1 Å². The number of likely N-dealkylation sites (tertiary alicyclic amines) is 1. The van der Waals surface area contributed by atoms with Crippen LogP contribution in [0.15, 0.2) is 82.8 Å². The third-order valence-corrected chi connectivity index (χ3v) is 8.73. The highest BCUT2D eigenvalue weighted by molar-refractivity contribution is 7.99. The quantitative estimate of drug-likeness (QED) is 0.391. The molecule has 6 heteroatoms. The molecule has 1 saturated heterocycles. The van der Waals surface area contributed by atoms with E-state index in [0.29, 0.717) is 10.6 Å². The molecule has 0 unspecified atom stereocenters. The molecule has 3 aromatic rings. The highest BCUT2D eigenvalue weighted by Crippen LogP contribution is 2.39. The molecule has 35 heavy (non-hydrogen) atoms. The number of rotatable bonds is 7. The van der Waals surface area contributed by atoms with Gasteiger partial charge in [-0.2, -0.15) is 0 Å². The van der Waals surface area contributed by atoms with E-state index in [1.807, 2.05) is 36.4 Å². The lowest BCUT2D eigenvalue weighted by molar-refractivity contribution is 0.0593. The largest absolute Gasteiger partial charge is 0.349 e. The number of nitrogens with zero attached hydrogens (tertiary/aromatic N) is 2. The molecule has 1 amide bonds. The number of aromatic nitrogens is 1. The molecule has 0 spiro atoms. The Bertz CT molecular complexity index is 1120. The molecule has 4 nitrogen and oxygen atoms in total. The van der Waals surface area contributed by atoms with Crippen LogP contribution in [0, 0.1) is 0 Å². The number of carbonyl (C=O) groups is 1. The van der Waals surface area contributed by atoms with Crippen LogP contribution in [-0.2, 0) is 6.42 Å². The summed E-state index contributed by atoms with van der Waals surface area (Å²) in [5.41, 5.74) is 2.26. The van der Waals surface area contributed by atoms with Crippen molar-refractivity contribution < 1.29 is 4.79 Å². The zero-order valence-electron chi connectivity index (χ0n) is 20.0. The number of hydrogen-bond donors (Lipinski definition) is 1. The van der Waals surface area contributed by atoms with Crippen LogP contribution in [0.3, 0.4) is 0 Å². The van der Waals surface area contributed by atoms with Gasteiger partial charge in [-0.05, 0) is 100.0 Å². The van der Waals surface area contributed by atoms with Gasteiger partial charge in [-0.25, -0.2) is 4.98 Å². The Balaban J connectivity index is 1.25. The molecule has 2 aromatic carbocycles. The van der Waals surface area contributed by atoms with Crippen molar-refractivity contribution in [3.63, 3.8) is 0 Å². The molecule has 182 valence electrons. The van der Waals surface area contributed by atoms with Crippen molar-refractivity contribution in [3.8, 4) is 0 Å². The fourth-order valence-electron chi connectivity index (χ4n) is 5.59. The van der Waals surface area contributed by atoms with Crippen molar-refractivity contribution in [1.82, 2.24) is 15.2 Å². The minimum atomic E-state index is -0.0312. The van der Waals surface area contributed by atoms with Gasteiger partial charge in [-0.1, -0.05) is 53.7 Å². The third-order valence-electron chi connectivity index (χ3n) is 7.45. The molecule has 1 saturated carbocycles. The van der Waals surface area contributed by atoms with E-state index in [0.717, 1.165) is 42.0 Å². The fourth-order valence-corrected chi connectivity index (χ4v) is 6.60. The summed E-state index contributed by atoms with van der Waals surface area (Å²) in [4.78, 5) is 21.5. The van der Waals surface area contributed by atoms with Crippen LogP contribution in [0.5, 0.6) is 0 Å². The first-order valence-electron chi connectivity index (χ1n) is 12.6.